The summed E-state index contributed by atoms with van der Waals surface area (Å²) in [6.07, 6.45) is 0.941. The Bertz CT molecular complexity index is 757. The average Bonchev–Trinajstić information content (AvgIpc) is 2.64. The van der Waals surface area contributed by atoms with Crippen molar-refractivity contribution in [3.05, 3.63) is 59.2 Å². The van der Waals surface area contributed by atoms with Gasteiger partial charge >= 0.3 is 0 Å². The first kappa shape index (κ1) is 19.3. The molecule has 138 valence electrons. The highest BCUT2D eigenvalue weighted by molar-refractivity contribution is 5.83. The van der Waals surface area contributed by atoms with E-state index >= 15 is 0 Å². The van der Waals surface area contributed by atoms with Crippen LogP contribution in [0.25, 0.3) is 0 Å². The number of hydrogen-bond donors (Lipinski definition) is 2. The van der Waals surface area contributed by atoms with Crippen molar-refractivity contribution in [3.8, 4) is 11.5 Å². The molecule has 2 aromatic carbocycles. The predicted octanol–water partition coefficient (Wildman–Crippen LogP) is 2.47. The molecule has 2 N–H and O–H groups in total. The molecule has 6 nitrogen and oxygen atoms in total. The van der Waals surface area contributed by atoms with E-state index in [1.54, 1.807) is 0 Å². The van der Waals surface area contributed by atoms with Crippen LogP contribution in [0.5, 0.6) is 11.5 Å². The molecule has 0 heterocycles. The highest BCUT2D eigenvalue weighted by Crippen LogP contribution is 2.18. The number of ether oxygens (including phenoxy) is 2. The quantitative estimate of drug-likeness (QED) is 0.747. The first-order valence-electron chi connectivity index (χ1n) is 8.47. The number of nitrogens with one attached hydrogen (secondary N) is 2. The Morgan fingerprint density at radius 2 is 1.50 bits per heavy atom. The first-order valence-corrected chi connectivity index (χ1v) is 8.47. The van der Waals surface area contributed by atoms with Crippen molar-refractivity contribution < 1.29 is 19.1 Å². The lowest BCUT2D eigenvalue weighted by Gasteiger charge is -2.11. The Morgan fingerprint density at radius 3 is 2.08 bits per heavy atom. The van der Waals surface area contributed by atoms with Crippen LogP contribution >= 0.6 is 0 Å². The first-order chi connectivity index (χ1) is 12.5. The van der Waals surface area contributed by atoms with Crippen LogP contribution in [0.3, 0.4) is 0 Å². The molecule has 0 radical (unpaired) electrons. The van der Waals surface area contributed by atoms with Gasteiger partial charge in [0.25, 0.3) is 11.8 Å². The minimum absolute atomic E-state index is 0.191. The minimum atomic E-state index is -0.454. The third-order valence-corrected chi connectivity index (χ3v) is 3.73. The summed E-state index contributed by atoms with van der Waals surface area (Å²) in [5.74, 6) is 0.327. The van der Waals surface area contributed by atoms with Gasteiger partial charge in [-0.1, -0.05) is 36.8 Å². The molecular formula is C20H24N2O4. The molecule has 0 aliphatic rings. The maximum atomic E-state index is 11.8. The van der Waals surface area contributed by atoms with Gasteiger partial charge in [0.1, 0.15) is 11.5 Å². The predicted molar refractivity (Wildman–Crippen MR) is 99.0 cm³/mol. The molecule has 2 rings (SSSR count). The van der Waals surface area contributed by atoms with E-state index in [0.29, 0.717) is 11.5 Å². The summed E-state index contributed by atoms with van der Waals surface area (Å²) in [4.78, 5) is 23.5. The Kier molecular flexibility index (Phi) is 7.02. The van der Waals surface area contributed by atoms with Gasteiger partial charge in [-0.25, -0.2) is 0 Å². The molecule has 0 bridgehead atoms. The zero-order valence-corrected chi connectivity index (χ0v) is 15.3. The van der Waals surface area contributed by atoms with E-state index in [1.165, 1.54) is 5.56 Å². The van der Waals surface area contributed by atoms with Crippen LogP contribution in [0.1, 0.15) is 23.6 Å². The van der Waals surface area contributed by atoms with Crippen molar-refractivity contribution in [1.29, 1.82) is 0 Å². The molecule has 0 aliphatic carbocycles. The summed E-state index contributed by atoms with van der Waals surface area (Å²) in [6.45, 7) is 5.58. The fourth-order valence-corrected chi connectivity index (χ4v) is 2.29. The largest absolute Gasteiger partial charge is 0.484 e. The highest BCUT2D eigenvalue weighted by Gasteiger charge is 2.08. The molecule has 6 heteroatoms. The second-order valence-corrected chi connectivity index (χ2v) is 5.94. The number of benzene rings is 2. The average molecular weight is 356 g/mol. The van der Waals surface area contributed by atoms with Crippen LogP contribution < -0.4 is 20.3 Å². The number of hydrogen-bond acceptors (Lipinski definition) is 4. The molecule has 0 unspecified atom stereocenters. The lowest BCUT2D eigenvalue weighted by atomic mass is 10.1. The maximum Gasteiger partial charge on any atom is 0.276 e. The van der Waals surface area contributed by atoms with Gasteiger partial charge in [-0.3, -0.25) is 20.4 Å². The zero-order valence-electron chi connectivity index (χ0n) is 15.3. The van der Waals surface area contributed by atoms with Crippen LogP contribution in [-0.4, -0.2) is 25.0 Å². The lowest BCUT2D eigenvalue weighted by Crippen LogP contribution is -2.45. The zero-order chi connectivity index (χ0) is 18.9. The fraction of sp³-hybridized carbons (Fsp3) is 0.300. The monoisotopic (exact) mass is 356 g/mol. The topological polar surface area (TPSA) is 76.7 Å². The van der Waals surface area contributed by atoms with Gasteiger partial charge in [-0.05, 0) is 49.6 Å². The number of amides is 2. The number of aryl methyl sites for hydroxylation is 3. The van der Waals surface area contributed by atoms with Gasteiger partial charge in [0.15, 0.2) is 13.2 Å². The summed E-state index contributed by atoms with van der Waals surface area (Å²) >= 11 is 0. The van der Waals surface area contributed by atoms with E-state index < -0.39 is 11.8 Å². The number of rotatable bonds is 7. The summed E-state index contributed by atoms with van der Waals surface area (Å²) < 4.78 is 10.8. The molecular weight excluding hydrogens is 332 g/mol. The van der Waals surface area contributed by atoms with Crippen LogP contribution in [-0.2, 0) is 16.0 Å². The summed E-state index contributed by atoms with van der Waals surface area (Å²) in [6, 6.07) is 13.2. The van der Waals surface area contributed by atoms with Crippen molar-refractivity contribution in [2.24, 2.45) is 0 Å². The maximum absolute atomic E-state index is 11.8. The number of carbonyl (C=O) groups is 2. The van der Waals surface area contributed by atoms with E-state index in [0.717, 1.165) is 17.5 Å². The van der Waals surface area contributed by atoms with E-state index in [4.69, 9.17) is 9.47 Å². The number of carbonyl (C=O) groups excluding carboxylic acids is 2. The van der Waals surface area contributed by atoms with Crippen LogP contribution in [0, 0.1) is 13.8 Å². The molecule has 2 amide bonds. The van der Waals surface area contributed by atoms with Crippen molar-refractivity contribution >= 4 is 11.8 Å². The Balaban J connectivity index is 1.68. The summed E-state index contributed by atoms with van der Waals surface area (Å²) in [5.41, 5.74) is 7.85. The van der Waals surface area contributed by atoms with E-state index in [-0.39, 0.29) is 13.2 Å². The van der Waals surface area contributed by atoms with Crippen LogP contribution in [0.2, 0.25) is 0 Å². The van der Waals surface area contributed by atoms with Gasteiger partial charge in [0.05, 0.1) is 0 Å². The van der Waals surface area contributed by atoms with E-state index in [1.807, 2.05) is 56.3 Å². The van der Waals surface area contributed by atoms with Crippen LogP contribution in [0.4, 0.5) is 0 Å². The molecule has 2 aromatic rings. The van der Waals surface area contributed by atoms with Crippen molar-refractivity contribution in [1.82, 2.24) is 10.9 Å². The van der Waals surface area contributed by atoms with Gasteiger partial charge in [-0.15, -0.1) is 0 Å². The Morgan fingerprint density at radius 1 is 0.885 bits per heavy atom. The van der Waals surface area contributed by atoms with Crippen molar-refractivity contribution in [3.63, 3.8) is 0 Å². The standard InChI is InChI=1S/C20H24N2O4/c1-4-16-6-8-17(9-7-16)25-12-19(23)21-22-20(24)13-26-18-10-5-14(2)11-15(18)3/h5-11H,4,12-13H2,1-3H3,(H,21,23)(H,22,24). The molecule has 0 spiro atoms. The molecule has 26 heavy (non-hydrogen) atoms. The molecule has 0 saturated carbocycles. The van der Waals surface area contributed by atoms with Gasteiger partial charge in [0.2, 0.25) is 0 Å². The van der Waals surface area contributed by atoms with E-state index in [9.17, 15) is 9.59 Å². The molecule has 0 aromatic heterocycles. The van der Waals surface area contributed by atoms with Gasteiger partial charge < -0.3 is 9.47 Å². The SMILES string of the molecule is CCc1ccc(OCC(=O)NNC(=O)COc2ccc(C)cc2C)cc1. The molecule has 0 fully saturated rings. The van der Waals surface area contributed by atoms with Crippen LogP contribution in [0.15, 0.2) is 42.5 Å². The third kappa shape index (κ3) is 6.12. The highest BCUT2D eigenvalue weighted by atomic mass is 16.5. The summed E-state index contributed by atoms with van der Waals surface area (Å²) in [7, 11) is 0. The van der Waals surface area contributed by atoms with Crippen molar-refractivity contribution in [2.75, 3.05) is 13.2 Å². The lowest BCUT2D eigenvalue weighted by molar-refractivity contribution is -0.131. The number of hydrazine groups is 1. The molecule has 0 atom stereocenters. The Labute approximate surface area is 153 Å². The third-order valence-electron chi connectivity index (χ3n) is 3.73. The van der Waals surface area contributed by atoms with E-state index in [2.05, 4.69) is 17.8 Å². The van der Waals surface area contributed by atoms with Gasteiger partial charge in [-0.2, -0.15) is 0 Å². The Hall–Kier alpha value is -3.02. The normalized spacial score (nSPS) is 10.1. The molecule has 0 saturated heterocycles. The fourth-order valence-electron chi connectivity index (χ4n) is 2.29. The smallest absolute Gasteiger partial charge is 0.276 e. The summed E-state index contributed by atoms with van der Waals surface area (Å²) in [5, 5.41) is 0. The van der Waals surface area contributed by atoms with Gasteiger partial charge in [0, 0.05) is 0 Å². The van der Waals surface area contributed by atoms with Crippen molar-refractivity contribution in [2.45, 2.75) is 27.2 Å². The molecule has 0 aliphatic heterocycles. The second-order valence-electron chi connectivity index (χ2n) is 5.94. The second kappa shape index (κ2) is 9.46. The minimum Gasteiger partial charge on any atom is -0.484 e.